The molecule has 1 unspecified atom stereocenters. The molecule has 1 atom stereocenters. The molecule has 1 aromatic carbocycles. The fraction of sp³-hybridized carbons (Fsp3) is 0.154. The summed E-state index contributed by atoms with van der Waals surface area (Å²) in [6.07, 6.45) is 2.37. The third-order valence-corrected chi connectivity index (χ3v) is 2.46. The lowest BCUT2D eigenvalue weighted by Crippen LogP contribution is -2.12. The van der Waals surface area contributed by atoms with Gasteiger partial charge in [0.1, 0.15) is 11.8 Å². The summed E-state index contributed by atoms with van der Waals surface area (Å²) in [5, 5.41) is 10.2. The van der Waals surface area contributed by atoms with Gasteiger partial charge in [0, 0.05) is 0 Å². The van der Waals surface area contributed by atoms with Crippen LogP contribution in [0, 0.1) is 0 Å². The van der Waals surface area contributed by atoms with Gasteiger partial charge >= 0.3 is 0 Å². The minimum atomic E-state index is -0.849. The van der Waals surface area contributed by atoms with Crippen molar-refractivity contribution in [2.75, 3.05) is 0 Å². The molecule has 1 aromatic heterocycles. The van der Waals surface area contributed by atoms with E-state index in [0.717, 1.165) is 0 Å². The number of aliphatic hydroxyl groups is 1. The van der Waals surface area contributed by atoms with Gasteiger partial charge in [-0.1, -0.05) is 18.2 Å². The number of hydrogen-bond donors (Lipinski definition) is 1. The van der Waals surface area contributed by atoms with E-state index in [2.05, 4.69) is 6.58 Å². The van der Waals surface area contributed by atoms with Gasteiger partial charge in [-0.2, -0.15) is 0 Å². The molecule has 0 saturated carbocycles. The third kappa shape index (κ3) is 1.77. The van der Waals surface area contributed by atoms with E-state index in [0.29, 0.717) is 17.4 Å². The highest BCUT2D eigenvalue weighted by Gasteiger charge is 2.13. The molecule has 82 valence electrons. The van der Waals surface area contributed by atoms with Gasteiger partial charge in [-0.15, -0.1) is 6.58 Å². The van der Waals surface area contributed by atoms with Crippen molar-refractivity contribution in [3.63, 3.8) is 0 Å². The standard InChI is InChI=1S/C13H12O3/c1-2-5-11(14)10-8-16-12-7-4-3-6-9(12)13(10)15/h2-4,6-8,11,14H,1,5H2. The first kappa shape index (κ1) is 10.6. The molecule has 0 bridgehead atoms. The van der Waals surface area contributed by atoms with E-state index in [1.807, 2.05) is 0 Å². The molecule has 0 fully saturated rings. The summed E-state index contributed by atoms with van der Waals surface area (Å²) >= 11 is 0. The van der Waals surface area contributed by atoms with E-state index in [9.17, 15) is 9.90 Å². The Hall–Kier alpha value is -1.87. The van der Waals surface area contributed by atoms with Crippen molar-refractivity contribution >= 4 is 11.0 Å². The van der Waals surface area contributed by atoms with Gasteiger partial charge in [0.2, 0.25) is 0 Å². The molecule has 0 aliphatic rings. The van der Waals surface area contributed by atoms with Gasteiger partial charge < -0.3 is 9.52 Å². The van der Waals surface area contributed by atoms with E-state index in [4.69, 9.17) is 4.42 Å². The average molecular weight is 216 g/mol. The van der Waals surface area contributed by atoms with Gasteiger partial charge in [-0.25, -0.2) is 0 Å². The van der Waals surface area contributed by atoms with E-state index in [1.165, 1.54) is 6.26 Å². The lowest BCUT2D eigenvalue weighted by atomic mass is 10.1. The lowest BCUT2D eigenvalue weighted by Gasteiger charge is -2.07. The summed E-state index contributed by atoms with van der Waals surface area (Å²) in [6.45, 7) is 3.53. The van der Waals surface area contributed by atoms with Gasteiger partial charge in [-0.05, 0) is 18.6 Å². The molecule has 2 rings (SSSR count). The van der Waals surface area contributed by atoms with Crippen LogP contribution in [-0.2, 0) is 0 Å². The van der Waals surface area contributed by atoms with E-state index >= 15 is 0 Å². The Morgan fingerprint density at radius 3 is 2.94 bits per heavy atom. The van der Waals surface area contributed by atoms with Crippen molar-refractivity contribution in [2.45, 2.75) is 12.5 Å². The number of hydrogen-bond acceptors (Lipinski definition) is 3. The summed E-state index contributed by atoms with van der Waals surface area (Å²) in [7, 11) is 0. The van der Waals surface area contributed by atoms with Gasteiger partial charge in [0.15, 0.2) is 5.43 Å². The Balaban J connectivity index is 2.61. The van der Waals surface area contributed by atoms with Gasteiger partial charge in [0.05, 0.1) is 17.1 Å². The molecule has 1 N–H and O–H groups in total. The molecule has 0 aliphatic heterocycles. The molecule has 3 heteroatoms. The van der Waals surface area contributed by atoms with Crippen molar-refractivity contribution in [1.29, 1.82) is 0 Å². The maximum atomic E-state index is 12.0. The second kappa shape index (κ2) is 4.33. The second-order valence-corrected chi connectivity index (χ2v) is 3.56. The lowest BCUT2D eigenvalue weighted by molar-refractivity contribution is 0.178. The molecule has 0 radical (unpaired) electrons. The molecular formula is C13H12O3. The van der Waals surface area contributed by atoms with Crippen LogP contribution in [0.1, 0.15) is 18.1 Å². The summed E-state index contributed by atoms with van der Waals surface area (Å²) in [5.41, 5.74) is 0.622. The summed E-state index contributed by atoms with van der Waals surface area (Å²) in [6, 6.07) is 6.97. The Morgan fingerprint density at radius 2 is 2.19 bits per heavy atom. The molecule has 0 spiro atoms. The van der Waals surface area contributed by atoms with Crippen LogP contribution in [0.25, 0.3) is 11.0 Å². The van der Waals surface area contributed by atoms with E-state index in [-0.39, 0.29) is 11.0 Å². The van der Waals surface area contributed by atoms with Crippen LogP contribution in [0.3, 0.4) is 0 Å². The highest BCUT2D eigenvalue weighted by Crippen LogP contribution is 2.17. The highest BCUT2D eigenvalue weighted by atomic mass is 16.3. The van der Waals surface area contributed by atoms with Crippen LogP contribution in [0.15, 0.2) is 52.4 Å². The summed E-state index contributed by atoms with van der Waals surface area (Å²) in [5.74, 6) is 0. The van der Waals surface area contributed by atoms with Crippen LogP contribution in [0.2, 0.25) is 0 Å². The quantitative estimate of drug-likeness (QED) is 0.801. The molecule has 16 heavy (non-hydrogen) atoms. The molecule has 0 amide bonds. The number of para-hydroxylation sites is 1. The van der Waals surface area contributed by atoms with Crippen LogP contribution in [-0.4, -0.2) is 5.11 Å². The number of benzene rings is 1. The summed E-state index contributed by atoms with van der Waals surface area (Å²) in [4.78, 5) is 12.0. The Morgan fingerprint density at radius 1 is 1.44 bits per heavy atom. The van der Waals surface area contributed by atoms with E-state index < -0.39 is 6.10 Å². The minimum absolute atomic E-state index is 0.184. The highest BCUT2D eigenvalue weighted by molar-refractivity contribution is 5.76. The van der Waals surface area contributed by atoms with Crippen molar-refractivity contribution < 1.29 is 9.52 Å². The molecule has 0 aliphatic carbocycles. The first-order valence-corrected chi connectivity index (χ1v) is 5.03. The summed E-state index contributed by atoms with van der Waals surface area (Å²) < 4.78 is 5.30. The molecule has 0 saturated heterocycles. The minimum Gasteiger partial charge on any atom is -0.464 e. The van der Waals surface area contributed by atoms with Crippen LogP contribution >= 0.6 is 0 Å². The molecular weight excluding hydrogens is 204 g/mol. The van der Waals surface area contributed by atoms with Crippen LogP contribution < -0.4 is 5.43 Å². The number of fused-ring (bicyclic) bond motifs is 1. The van der Waals surface area contributed by atoms with Crippen LogP contribution in [0.5, 0.6) is 0 Å². The largest absolute Gasteiger partial charge is 0.464 e. The molecule has 1 heterocycles. The second-order valence-electron chi connectivity index (χ2n) is 3.56. The Bertz CT molecular complexity index is 569. The maximum absolute atomic E-state index is 12.0. The predicted octanol–water partition coefficient (Wildman–Crippen LogP) is 2.40. The zero-order valence-electron chi connectivity index (χ0n) is 8.72. The van der Waals surface area contributed by atoms with Crippen LogP contribution in [0.4, 0.5) is 0 Å². The average Bonchev–Trinajstić information content (AvgIpc) is 2.30. The Kier molecular flexibility index (Phi) is 2.88. The first-order valence-electron chi connectivity index (χ1n) is 5.03. The van der Waals surface area contributed by atoms with Crippen molar-refractivity contribution in [2.24, 2.45) is 0 Å². The molecule has 3 nitrogen and oxygen atoms in total. The SMILES string of the molecule is C=CCC(O)c1coc2ccccc2c1=O. The van der Waals surface area contributed by atoms with Gasteiger partial charge in [-0.3, -0.25) is 4.79 Å². The number of rotatable bonds is 3. The topological polar surface area (TPSA) is 50.4 Å². The zero-order valence-corrected chi connectivity index (χ0v) is 8.72. The maximum Gasteiger partial charge on any atom is 0.198 e. The first-order chi connectivity index (χ1) is 7.74. The van der Waals surface area contributed by atoms with Gasteiger partial charge in [0.25, 0.3) is 0 Å². The zero-order chi connectivity index (χ0) is 11.5. The fourth-order valence-electron chi connectivity index (χ4n) is 1.61. The van der Waals surface area contributed by atoms with Crippen molar-refractivity contribution in [3.8, 4) is 0 Å². The third-order valence-electron chi connectivity index (χ3n) is 2.46. The molecule has 2 aromatic rings. The monoisotopic (exact) mass is 216 g/mol. The normalized spacial score (nSPS) is 12.6. The smallest absolute Gasteiger partial charge is 0.198 e. The predicted molar refractivity (Wildman–Crippen MR) is 62.3 cm³/mol. The fourth-order valence-corrected chi connectivity index (χ4v) is 1.61. The number of aliphatic hydroxyl groups excluding tert-OH is 1. The Labute approximate surface area is 92.6 Å². The van der Waals surface area contributed by atoms with Crippen molar-refractivity contribution in [3.05, 3.63) is 59.0 Å². The van der Waals surface area contributed by atoms with Crippen molar-refractivity contribution in [1.82, 2.24) is 0 Å². The van der Waals surface area contributed by atoms with E-state index in [1.54, 1.807) is 30.3 Å².